The van der Waals surface area contributed by atoms with Crippen LogP contribution < -0.4 is 10.3 Å². The summed E-state index contributed by atoms with van der Waals surface area (Å²) in [6.07, 6.45) is 2.97. The van der Waals surface area contributed by atoms with E-state index in [1.54, 1.807) is 12.1 Å². The quantitative estimate of drug-likeness (QED) is 0.458. The Hall–Kier alpha value is -3.73. The van der Waals surface area contributed by atoms with Crippen LogP contribution in [-0.4, -0.2) is 9.55 Å². The first kappa shape index (κ1) is 19.6. The molecule has 1 heterocycles. The SMILES string of the molecule is Cc1ccccc1Cn1cncc(-c2ccc(OCc3ccccc3)c(F)c2)c1=O. The largest absolute Gasteiger partial charge is 0.486 e. The standard InChI is InChI=1S/C25H21FN2O2/c1-18-7-5-6-10-21(18)15-28-17-27-14-22(25(28)29)20-11-12-24(23(26)13-20)30-16-19-8-3-2-4-9-19/h2-14,17H,15-16H2,1H3. The average molecular weight is 400 g/mol. The number of rotatable bonds is 6. The van der Waals surface area contributed by atoms with Gasteiger partial charge in [0.2, 0.25) is 0 Å². The van der Waals surface area contributed by atoms with E-state index in [9.17, 15) is 9.18 Å². The summed E-state index contributed by atoms with van der Waals surface area (Å²) < 4.78 is 21.7. The Morgan fingerprint density at radius 3 is 2.53 bits per heavy atom. The molecule has 5 heteroatoms. The van der Waals surface area contributed by atoms with E-state index in [4.69, 9.17) is 4.74 Å². The molecular formula is C25H21FN2O2. The van der Waals surface area contributed by atoms with Gasteiger partial charge < -0.3 is 4.74 Å². The molecule has 0 N–H and O–H groups in total. The molecule has 0 radical (unpaired) electrons. The summed E-state index contributed by atoms with van der Waals surface area (Å²) in [5.74, 6) is -0.371. The zero-order chi connectivity index (χ0) is 20.9. The number of hydrogen-bond donors (Lipinski definition) is 0. The molecule has 4 nitrogen and oxygen atoms in total. The Morgan fingerprint density at radius 1 is 1.00 bits per heavy atom. The first-order valence-corrected chi connectivity index (χ1v) is 9.67. The van der Waals surface area contributed by atoms with Gasteiger partial charge in [-0.05, 0) is 41.3 Å². The summed E-state index contributed by atoms with van der Waals surface area (Å²) in [4.78, 5) is 17.1. The fourth-order valence-electron chi connectivity index (χ4n) is 3.25. The van der Waals surface area contributed by atoms with Gasteiger partial charge in [-0.2, -0.15) is 0 Å². The summed E-state index contributed by atoms with van der Waals surface area (Å²) in [5, 5.41) is 0. The molecule has 150 valence electrons. The van der Waals surface area contributed by atoms with Gasteiger partial charge in [-0.1, -0.05) is 60.7 Å². The Bertz CT molecular complexity index is 1220. The van der Waals surface area contributed by atoms with Gasteiger partial charge in [0.05, 0.1) is 18.4 Å². The summed E-state index contributed by atoms with van der Waals surface area (Å²) in [6.45, 7) is 2.68. The van der Waals surface area contributed by atoms with E-state index in [1.807, 2.05) is 61.5 Å². The number of benzene rings is 3. The minimum atomic E-state index is -0.517. The Morgan fingerprint density at radius 2 is 1.77 bits per heavy atom. The van der Waals surface area contributed by atoms with E-state index >= 15 is 0 Å². The third-order valence-corrected chi connectivity index (χ3v) is 4.98. The maximum absolute atomic E-state index is 14.6. The number of halogens is 1. The molecule has 3 aromatic carbocycles. The molecule has 0 saturated heterocycles. The van der Waals surface area contributed by atoms with Gasteiger partial charge in [-0.3, -0.25) is 9.36 Å². The highest BCUT2D eigenvalue weighted by Crippen LogP contribution is 2.24. The molecule has 0 bridgehead atoms. The van der Waals surface area contributed by atoms with Crippen LogP contribution in [0.2, 0.25) is 0 Å². The van der Waals surface area contributed by atoms with E-state index in [-0.39, 0.29) is 17.9 Å². The zero-order valence-corrected chi connectivity index (χ0v) is 16.6. The van der Waals surface area contributed by atoms with Crippen molar-refractivity contribution in [3.8, 4) is 16.9 Å². The van der Waals surface area contributed by atoms with Crippen LogP contribution in [0.3, 0.4) is 0 Å². The van der Waals surface area contributed by atoms with Gasteiger partial charge in [-0.25, -0.2) is 9.37 Å². The van der Waals surface area contributed by atoms with Crippen molar-refractivity contribution in [1.82, 2.24) is 9.55 Å². The summed E-state index contributed by atoms with van der Waals surface area (Å²) in [5.41, 5.74) is 3.68. The lowest BCUT2D eigenvalue weighted by molar-refractivity contribution is 0.290. The number of ether oxygens (including phenoxy) is 1. The fraction of sp³-hybridized carbons (Fsp3) is 0.120. The van der Waals surface area contributed by atoms with Crippen molar-refractivity contribution in [2.75, 3.05) is 0 Å². The van der Waals surface area contributed by atoms with Crippen molar-refractivity contribution < 1.29 is 9.13 Å². The van der Waals surface area contributed by atoms with Crippen molar-refractivity contribution in [1.29, 1.82) is 0 Å². The number of aryl methyl sites for hydroxylation is 1. The van der Waals surface area contributed by atoms with Crippen molar-refractivity contribution in [3.63, 3.8) is 0 Å². The van der Waals surface area contributed by atoms with Crippen LogP contribution >= 0.6 is 0 Å². The monoisotopic (exact) mass is 400 g/mol. The van der Waals surface area contributed by atoms with Crippen LogP contribution in [0.5, 0.6) is 5.75 Å². The minimum absolute atomic E-state index is 0.145. The number of nitrogens with zero attached hydrogens (tertiary/aromatic N) is 2. The minimum Gasteiger partial charge on any atom is -0.486 e. The van der Waals surface area contributed by atoms with Crippen molar-refractivity contribution in [2.45, 2.75) is 20.1 Å². The highest BCUT2D eigenvalue weighted by Gasteiger charge is 2.12. The third-order valence-electron chi connectivity index (χ3n) is 4.98. The van der Waals surface area contributed by atoms with Crippen LogP contribution in [0, 0.1) is 12.7 Å². The Kier molecular flexibility index (Phi) is 5.70. The summed E-state index contributed by atoms with van der Waals surface area (Å²) in [7, 11) is 0. The van der Waals surface area contributed by atoms with Crippen LogP contribution in [0.15, 0.2) is 90.1 Å². The zero-order valence-electron chi connectivity index (χ0n) is 16.6. The molecule has 0 amide bonds. The predicted octanol–water partition coefficient (Wildman–Crippen LogP) is 4.99. The first-order chi connectivity index (χ1) is 14.6. The molecule has 4 aromatic rings. The molecule has 0 aliphatic heterocycles. The molecule has 0 aliphatic rings. The summed E-state index contributed by atoms with van der Waals surface area (Å²) >= 11 is 0. The molecule has 30 heavy (non-hydrogen) atoms. The van der Waals surface area contributed by atoms with Crippen molar-refractivity contribution in [3.05, 3.63) is 118 Å². The Balaban J connectivity index is 1.57. The maximum atomic E-state index is 14.6. The normalized spacial score (nSPS) is 10.7. The highest BCUT2D eigenvalue weighted by atomic mass is 19.1. The lowest BCUT2D eigenvalue weighted by Crippen LogP contribution is -2.22. The highest BCUT2D eigenvalue weighted by molar-refractivity contribution is 5.62. The lowest BCUT2D eigenvalue weighted by Gasteiger charge is -2.11. The van der Waals surface area contributed by atoms with Gasteiger partial charge in [0.15, 0.2) is 11.6 Å². The van der Waals surface area contributed by atoms with E-state index in [2.05, 4.69) is 4.98 Å². The van der Waals surface area contributed by atoms with Crippen LogP contribution in [-0.2, 0) is 13.2 Å². The molecule has 0 spiro atoms. The molecule has 0 fully saturated rings. The van der Waals surface area contributed by atoms with Crippen molar-refractivity contribution in [2.24, 2.45) is 0 Å². The van der Waals surface area contributed by atoms with Crippen LogP contribution in [0.4, 0.5) is 4.39 Å². The van der Waals surface area contributed by atoms with Gasteiger partial charge in [0.25, 0.3) is 5.56 Å². The van der Waals surface area contributed by atoms with E-state index < -0.39 is 5.82 Å². The van der Waals surface area contributed by atoms with E-state index in [1.165, 1.54) is 23.2 Å². The number of hydrogen-bond acceptors (Lipinski definition) is 3. The fourth-order valence-corrected chi connectivity index (χ4v) is 3.25. The second-order valence-electron chi connectivity index (χ2n) is 7.09. The first-order valence-electron chi connectivity index (χ1n) is 9.67. The van der Waals surface area contributed by atoms with Crippen LogP contribution in [0.25, 0.3) is 11.1 Å². The van der Waals surface area contributed by atoms with E-state index in [0.29, 0.717) is 17.7 Å². The predicted molar refractivity (Wildman–Crippen MR) is 115 cm³/mol. The molecule has 0 saturated carbocycles. The molecular weight excluding hydrogens is 379 g/mol. The lowest BCUT2D eigenvalue weighted by atomic mass is 10.1. The number of aromatic nitrogens is 2. The van der Waals surface area contributed by atoms with Gasteiger partial charge in [-0.15, -0.1) is 0 Å². The van der Waals surface area contributed by atoms with Gasteiger partial charge in [0, 0.05) is 6.20 Å². The van der Waals surface area contributed by atoms with Gasteiger partial charge >= 0.3 is 0 Å². The van der Waals surface area contributed by atoms with E-state index in [0.717, 1.165) is 16.7 Å². The summed E-state index contributed by atoms with van der Waals surface area (Å²) in [6, 6.07) is 22.0. The third kappa shape index (κ3) is 4.30. The smallest absolute Gasteiger partial charge is 0.261 e. The van der Waals surface area contributed by atoms with Crippen LogP contribution in [0.1, 0.15) is 16.7 Å². The average Bonchev–Trinajstić information content (AvgIpc) is 2.76. The maximum Gasteiger partial charge on any atom is 0.261 e. The topological polar surface area (TPSA) is 44.1 Å². The molecule has 0 unspecified atom stereocenters. The Labute approximate surface area is 174 Å². The second-order valence-corrected chi connectivity index (χ2v) is 7.09. The molecule has 1 aromatic heterocycles. The molecule has 0 aliphatic carbocycles. The second kappa shape index (κ2) is 8.74. The van der Waals surface area contributed by atoms with Crippen molar-refractivity contribution >= 4 is 0 Å². The molecule has 4 rings (SSSR count). The molecule has 0 atom stereocenters. The van der Waals surface area contributed by atoms with Gasteiger partial charge in [0.1, 0.15) is 6.61 Å².